The molecular formula is C17H25NO2. The van der Waals surface area contributed by atoms with E-state index in [2.05, 4.69) is 38.1 Å². The largest absolute Gasteiger partial charge is 0.544 e. The van der Waals surface area contributed by atoms with E-state index in [4.69, 9.17) is 0 Å². The lowest BCUT2D eigenvalue weighted by molar-refractivity contribution is -0.932. The molecule has 0 saturated heterocycles. The maximum Gasteiger partial charge on any atom is 0.118 e. The summed E-state index contributed by atoms with van der Waals surface area (Å²) in [6.07, 6.45) is 4.75. The average Bonchev–Trinajstić information content (AvgIpc) is 2.92. The van der Waals surface area contributed by atoms with Gasteiger partial charge in [-0.2, -0.15) is 0 Å². The van der Waals surface area contributed by atoms with Gasteiger partial charge in [0.05, 0.1) is 12.0 Å². The molecule has 0 heterocycles. The Morgan fingerprint density at radius 3 is 2.35 bits per heavy atom. The normalized spacial score (nSPS) is 17.6. The molecule has 0 amide bonds. The molecule has 0 aliphatic heterocycles. The van der Waals surface area contributed by atoms with Gasteiger partial charge < -0.3 is 14.8 Å². The van der Waals surface area contributed by atoms with Crippen LogP contribution in [0.1, 0.15) is 56.6 Å². The lowest BCUT2D eigenvalue weighted by Crippen LogP contribution is -3.15. The summed E-state index contributed by atoms with van der Waals surface area (Å²) in [5, 5.41) is 11.0. The minimum atomic E-state index is -0.939. The topological polar surface area (TPSA) is 44.6 Å². The number of carbonyl (C=O) groups is 1. The third kappa shape index (κ3) is 4.07. The molecule has 1 fully saturated rings. The average molecular weight is 275 g/mol. The van der Waals surface area contributed by atoms with E-state index in [0.717, 1.165) is 24.3 Å². The highest BCUT2D eigenvalue weighted by molar-refractivity contribution is 5.65. The molecule has 3 heteroatoms. The van der Waals surface area contributed by atoms with Crippen LogP contribution in [0.4, 0.5) is 0 Å². The van der Waals surface area contributed by atoms with Crippen LogP contribution in [0.3, 0.4) is 0 Å². The molecule has 1 unspecified atom stereocenters. The summed E-state index contributed by atoms with van der Waals surface area (Å²) < 4.78 is 0. The number of nitrogens with one attached hydrogen (secondary N) is 1. The number of benzene rings is 1. The second-order valence-corrected chi connectivity index (χ2v) is 6.26. The maximum absolute atomic E-state index is 11.0. The molecule has 1 aromatic rings. The number of quaternary nitrogens is 1. The fourth-order valence-corrected chi connectivity index (χ4v) is 3.15. The lowest BCUT2D eigenvalue weighted by Gasteiger charge is -2.26. The van der Waals surface area contributed by atoms with Gasteiger partial charge in [0, 0.05) is 5.56 Å². The second-order valence-electron chi connectivity index (χ2n) is 6.26. The fourth-order valence-electron chi connectivity index (χ4n) is 3.15. The molecule has 0 spiro atoms. The van der Waals surface area contributed by atoms with E-state index in [1.165, 1.54) is 24.0 Å². The molecule has 1 aliphatic rings. The molecule has 3 nitrogen and oxygen atoms in total. The number of carboxylic acids is 1. The van der Waals surface area contributed by atoms with Crippen LogP contribution in [0.25, 0.3) is 0 Å². The van der Waals surface area contributed by atoms with Crippen molar-refractivity contribution in [2.75, 3.05) is 6.54 Å². The predicted octanol–water partition coefficient (Wildman–Crippen LogP) is 0.887. The van der Waals surface area contributed by atoms with Gasteiger partial charge in [-0.15, -0.1) is 0 Å². The molecule has 0 radical (unpaired) electrons. The van der Waals surface area contributed by atoms with Crippen LogP contribution in [-0.4, -0.2) is 18.6 Å². The van der Waals surface area contributed by atoms with Gasteiger partial charge in [-0.1, -0.05) is 38.1 Å². The third-order valence-corrected chi connectivity index (χ3v) is 4.38. The zero-order chi connectivity index (χ0) is 14.5. The SMILES string of the molecule is CC(C)c1ccc(C[NH+](CC(=O)[O-])C2CCCC2)cc1. The molecule has 1 saturated carbocycles. The van der Waals surface area contributed by atoms with Crippen LogP contribution in [-0.2, 0) is 11.3 Å². The van der Waals surface area contributed by atoms with E-state index < -0.39 is 5.97 Å². The molecule has 1 aliphatic carbocycles. The molecule has 1 N–H and O–H groups in total. The second kappa shape index (κ2) is 6.89. The predicted molar refractivity (Wildman–Crippen MR) is 77.3 cm³/mol. The summed E-state index contributed by atoms with van der Waals surface area (Å²) in [5.74, 6) is -0.406. The van der Waals surface area contributed by atoms with Crippen LogP contribution in [0.2, 0.25) is 0 Å². The van der Waals surface area contributed by atoms with Gasteiger partial charge in [0.25, 0.3) is 0 Å². The Labute approximate surface area is 121 Å². The quantitative estimate of drug-likeness (QED) is 0.838. The molecule has 0 aromatic heterocycles. The van der Waals surface area contributed by atoms with E-state index in [0.29, 0.717) is 12.0 Å². The van der Waals surface area contributed by atoms with Crippen molar-refractivity contribution in [3.63, 3.8) is 0 Å². The van der Waals surface area contributed by atoms with Crippen molar-refractivity contribution >= 4 is 5.97 Å². The minimum absolute atomic E-state index is 0.122. The van der Waals surface area contributed by atoms with Crippen LogP contribution in [0.5, 0.6) is 0 Å². The van der Waals surface area contributed by atoms with Gasteiger partial charge in [-0.05, 0) is 37.2 Å². The fraction of sp³-hybridized carbons (Fsp3) is 0.588. The van der Waals surface area contributed by atoms with Gasteiger partial charge >= 0.3 is 0 Å². The van der Waals surface area contributed by atoms with Gasteiger partial charge in [0.1, 0.15) is 13.1 Å². The Balaban J connectivity index is 2.04. The molecule has 1 aromatic carbocycles. The van der Waals surface area contributed by atoms with Crippen molar-refractivity contribution in [2.24, 2.45) is 0 Å². The zero-order valence-corrected chi connectivity index (χ0v) is 12.5. The van der Waals surface area contributed by atoms with Crippen LogP contribution >= 0.6 is 0 Å². The van der Waals surface area contributed by atoms with Gasteiger partial charge in [-0.3, -0.25) is 0 Å². The first-order chi connectivity index (χ1) is 9.56. The van der Waals surface area contributed by atoms with Gasteiger partial charge in [-0.25, -0.2) is 0 Å². The summed E-state index contributed by atoms with van der Waals surface area (Å²) in [5.41, 5.74) is 2.55. The molecule has 110 valence electrons. The highest BCUT2D eigenvalue weighted by Gasteiger charge is 2.26. The zero-order valence-electron chi connectivity index (χ0n) is 12.5. The number of aliphatic carboxylic acids is 1. The first-order valence-electron chi connectivity index (χ1n) is 7.69. The Morgan fingerprint density at radius 2 is 1.85 bits per heavy atom. The number of hydrogen-bond acceptors (Lipinski definition) is 2. The van der Waals surface area contributed by atoms with Gasteiger partial charge in [0.15, 0.2) is 0 Å². The monoisotopic (exact) mass is 275 g/mol. The van der Waals surface area contributed by atoms with Crippen molar-refractivity contribution in [3.8, 4) is 0 Å². The summed E-state index contributed by atoms with van der Waals surface area (Å²) >= 11 is 0. The maximum atomic E-state index is 11.0. The summed E-state index contributed by atoms with van der Waals surface area (Å²) in [7, 11) is 0. The number of carbonyl (C=O) groups excluding carboxylic acids is 1. The van der Waals surface area contributed by atoms with Crippen molar-refractivity contribution in [1.29, 1.82) is 0 Å². The third-order valence-electron chi connectivity index (χ3n) is 4.38. The van der Waals surface area contributed by atoms with Crippen molar-refractivity contribution < 1.29 is 14.8 Å². The lowest BCUT2D eigenvalue weighted by atomic mass is 10.0. The highest BCUT2D eigenvalue weighted by Crippen LogP contribution is 2.17. The first kappa shape index (κ1) is 15.0. The molecule has 0 bridgehead atoms. The van der Waals surface area contributed by atoms with E-state index in [-0.39, 0.29) is 6.54 Å². The van der Waals surface area contributed by atoms with E-state index in [1.807, 2.05) is 0 Å². The highest BCUT2D eigenvalue weighted by atomic mass is 16.4. The summed E-state index contributed by atoms with van der Waals surface area (Å²) in [4.78, 5) is 12.1. The molecule has 2 rings (SSSR count). The van der Waals surface area contributed by atoms with Crippen LogP contribution < -0.4 is 10.0 Å². The number of rotatable bonds is 6. The Hall–Kier alpha value is -1.35. The minimum Gasteiger partial charge on any atom is -0.544 e. The van der Waals surface area contributed by atoms with E-state index in [1.54, 1.807) is 0 Å². The standard InChI is InChI=1S/C17H25NO2/c1-13(2)15-9-7-14(8-10-15)11-18(12-17(19)20)16-5-3-4-6-16/h7-10,13,16H,3-6,11-12H2,1-2H3,(H,19,20). The Kier molecular flexibility index (Phi) is 5.18. The summed E-state index contributed by atoms with van der Waals surface area (Å²) in [6.45, 7) is 5.27. The summed E-state index contributed by atoms with van der Waals surface area (Å²) in [6, 6.07) is 9.08. The molecule has 20 heavy (non-hydrogen) atoms. The van der Waals surface area contributed by atoms with Crippen molar-refractivity contribution in [1.82, 2.24) is 0 Å². The van der Waals surface area contributed by atoms with Crippen LogP contribution in [0.15, 0.2) is 24.3 Å². The number of hydrogen-bond donors (Lipinski definition) is 1. The van der Waals surface area contributed by atoms with E-state index >= 15 is 0 Å². The van der Waals surface area contributed by atoms with Crippen molar-refractivity contribution in [3.05, 3.63) is 35.4 Å². The van der Waals surface area contributed by atoms with Gasteiger partial charge in [0.2, 0.25) is 0 Å². The number of carboxylic acid groups (broad SMARTS) is 1. The Morgan fingerprint density at radius 1 is 1.25 bits per heavy atom. The Bertz CT molecular complexity index is 433. The first-order valence-corrected chi connectivity index (χ1v) is 7.69. The molecular weight excluding hydrogens is 250 g/mol. The van der Waals surface area contributed by atoms with Crippen LogP contribution in [0, 0.1) is 0 Å². The molecule has 1 atom stereocenters. The van der Waals surface area contributed by atoms with E-state index in [9.17, 15) is 9.90 Å². The van der Waals surface area contributed by atoms with Crippen molar-refractivity contribution in [2.45, 2.75) is 58.0 Å². The smallest absolute Gasteiger partial charge is 0.118 e.